The minimum atomic E-state index is -0.265. The van der Waals surface area contributed by atoms with Crippen LogP contribution in [0.4, 0.5) is 9.93 Å². The van der Waals surface area contributed by atoms with Crippen LogP contribution in [0.15, 0.2) is 53.9 Å². The summed E-state index contributed by atoms with van der Waals surface area (Å²) in [4.78, 5) is 20.6. The number of thiazole rings is 1. The van der Waals surface area contributed by atoms with Crippen molar-refractivity contribution in [3.05, 3.63) is 53.9 Å². The highest BCUT2D eigenvalue weighted by Gasteiger charge is 2.26. The van der Waals surface area contributed by atoms with Crippen molar-refractivity contribution in [1.82, 2.24) is 15.3 Å². The van der Waals surface area contributed by atoms with E-state index in [1.54, 1.807) is 19.5 Å². The van der Waals surface area contributed by atoms with Crippen molar-refractivity contribution in [3.63, 3.8) is 0 Å². The molecule has 1 unspecified atom stereocenters. The largest absolute Gasteiger partial charge is 0.501 e. The summed E-state index contributed by atoms with van der Waals surface area (Å²) < 4.78 is 5.30. The summed E-state index contributed by atoms with van der Waals surface area (Å²) in [6.45, 7) is 2.60. The van der Waals surface area contributed by atoms with Crippen LogP contribution < -0.4 is 10.6 Å². The van der Waals surface area contributed by atoms with Gasteiger partial charge in [-0.15, -0.1) is 11.3 Å². The molecular weight excluding hydrogens is 336 g/mol. The van der Waals surface area contributed by atoms with Crippen LogP contribution in [0.5, 0.6) is 0 Å². The molecule has 0 saturated carbocycles. The van der Waals surface area contributed by atoms with Gasteiger partial charge in [0, 0.05) is 41.7 Å². The van der Waals surface area contributed by atoms with Crippen molar-refractivity contribution in [3.8, 4) is 11.3 Å². The van der Waals surface area contributed by atoms with Crippen LogP contribution in [-0.4, -0.2) is 29.7 Å². The van der Waals surface area contributed by atoms with E-state index in [2.05, 4.69) is 33.6 Å². The molecule has 0 fully saturated rings. The zero-order chi connectivity index (χ0) is 17.7. The Hall–Kier alpha value is -2.67. The highest BCUT2D eigenvalue weighted by Crippen LogP contribution is 2.30. The lowest BCUT2D eigenvalue weighted by atomic mass is 9.83. The van der Waals surface area contributed by atoms with Gasteiger partial charge in [-0.2, -0.15) is 0 Å². The second-order valence-corrected chi connectivity index (χ2v) is 6.97. The first-order chi connectivity index (χ1) is 12.1. The topological polar surface area (TPSA) is 76.1 Å². The fourth-order valence-corrected chi connectivity index (χ4v) is 3.29. The van der Waals surface area contributed by atoms with Gasteiger partial charge in [-0.1, -0.05) is 19.1 Å². The minimum absolute atomic E-state index is 0.164. The first kappa shape index (κ1) is 17.2. The number of rotatable bonds is 5. The summed E-state index contributed by atoms with van der Waals surface area (Å²) in [7, 11) is 1.66. The quantitative estimate of drug-likeness (QED) is 0.854. The smallest absolute Gasteiger partial charge is 0.321 e. The molecule has 7 heteroatoms. The van der Waals surface area contributed by atoms with Crippen LogP contribution in [0.1, 0.15) is 13.3 Å². The van der Waals surface area contributed by atoms with Gasteiger partial charge in [0.15, 0.2) is 5.13 Å². The molecule has 2 aromatic heterocycles. The molecule has 130 valence electrons. The van der Waals surface area contributed by atoms with Crippen molar-refractivity contribution < 1.29 is 9.53 Å². The van der Waals surface area contributed by atoms with Crippen molar-refractivity contribution in [2.75, 3.05) is 19.0 Å². The number of urea groups is 1. The molecule has 2 heterocycles. The number of methoxy groups -OCH3 is 1. The molecule has 2 aromatic rings. The molecule has 1 atom stereocenters. The number of amides is 2. The van der Waals surface area contributed by atoms with Gasteiger partial charge in [0.2, 0.25) is 0 Å². The van der Waals surface area contributed by atoms with E-state index in [9.17, 15) is 4.79 Å². The summed E-state index contributed by atoms with van der Waals surface area (Å²) in [6, 6.07) is 3.50. The number of nitrogens with one attached hydrogen (secondary N) is 2. The van der Waals surface area contributed by atoms with E-state index in [1.807, 2.05) is 29.7 Å². The predicted molar refractivity (Wildman–Crippen MR) is 99.3 cm³/mol. The third-order valence-corrected chi connectivity index (χ3v) is 4.73. The lowest BCUT2D eigenvalue weighted by Crippen LogP contribution is -2.38. The fourth-order valence-electron chi connectivity index (χ4n) is 2.58. The normalized spacial score (nSPS) is 19.2. The van der Waals surface area contributed by atoms with Crippen molar-refractivity contribution in [1.29, 1.82) is 0 Å². The molecular formula is C18H20N4O2S. The first-order valence-electron chi connectivity index (χ1n) is 7.91. The highest BCUT2D eigenvalue weighted by atomic mass is 32.1. The summed E-state index contributed by atoms with van der Waals surface area (Å²) in [5.74, 6) is 0.911. The van der Waals surface area contributed by atoms with Crippen molar-refractivity contribution in [2.24, 2.45) is 5.41 Å². The lowest BCUT2D eigenvalue weighted by molar-refractivity contribution is 0.228. The van der Waals surface area contributed by atoms with E-state index >= 15 is 0 Å². The number of pyridine rings is 1. The molecule has 0 saturated heterocycles. The molecule has 1 aliphatic carbocycles. The molecule has 1 aliphatic rings. The van der Waals surface area contributed by atoms with Gasteiger partial charge >= 0.3 is 6.03 Å². The van der Waals surface area contributed by atoms with Gasteiger partial charge in [0.1, 0.15) is 0 Å². The number of carbonyl (C=O) groups is 1. The Labute approximate surface area is 150 Å². The maximum atomic E-state index is 12.2. The molecule has 6 nitrogen and oxygen atoms in total. The Bertz CT molecular complexity index is 800. The SMILES string of the molecule is COC1=CC=CC(C)(CNC(=O)Nc2nc(-c3ccncc3)cs2)C1. The van der Waals surface area contributed by atoms with Gasteiger partial charge in [-0.25, -0.2) is 9.78 Å². The Kier molecular flexibility index (Phi) is 5.14. The Morgan fingerprint density at radius 3 is 2.96 bits per heavy atom. The molecule has 3 rings (SSSR count). The van der Waals surface area contributed by atoms with Crippen LogP contribution in [0.2, 0.25) is 0 Å². The van der Waals surface area contributed by atoms with Crippen LogP contribution in [0, 0.1) is 5.41 Å². The maximum Gasteiger partial charge on any atom is 0.321 e. The second-order valence-electron chi connectivity index (χ2n) is 6.11. The number of carbonyl (C=O) groups excluding carboxylic acids is 1. The first-order valence-corrected chi connectivity index (χ1v) is 8.79. The number of nitrogens with zero attached hydrogens (tertiary/aromatic N) is 2. The Balaban J connectivity index is 1.54. The summed E-state index contributed by atoms with van der Waals surface area (Å²) >= 11 is 1.39. The van der Waals surface area contributed by atoms with Crippen LogP contribution in [0.3, 0.4) is 0 Å². The van der Waals surface area contributed by atoms with E-state index < -0.39 is 0 Å². The summed E-state index contributed by atoms with van der Waals surface area (Å²) in [5.41, 5.74) is 1.63. The molecule has 0 bridgehead atoms. The molecule has 2 N–H and O–H groups in total. The average Bonchev–Trinajstić information content (AvgIpc) is 3.09. The van der Waals surface area contributed by atoms with E-state index in [-0.39, 0.29) is 11.4 Å². The van der Waals surface area contributed by atoms with Gasteiger partial charge in [-0.05, 0) is 18.2 Å². The molecule has 0 radical (unpaired) electrons. The number of hydrogen-bond acceptors (Lipinski definition) is 5. The molecule has 0 spiro atoms. The molecule has 2 amide bonds. The number of hydrogen-bond donors (Lipinski definition) is 2. The number of anilines is 1. The monoisotopic (exact) mass is 356 g/mol. The highest BCUT2D eigenvalue weighted by molar-refractivity contribution is 7.14. The van der Waals surface area contributed by atoms with Gasteiger partial charge < -0.3 is 10.1 Å². The van der Waals surface area contributed by atoms with Crippen LogP contribution >= 0.6 is 11.3 Å². The summed E-state index contributed by atoms with van der Waals surface area (Å²) in [6.07, 6.45) is 10.2. The van der Waals surface area contributed by atoms with Gasteiger partial charge in [0.25, 0.3) is 0 Å². The van der Waals surface area contributed by atoms with Crippen molar-refractivity contribution in [2.45, 2.75) is 13.3 Å². The Morgan fingerprint density at radius 2 is 2.20 bits per heavy atom. The van der Waals surface area contributed by atoms with Crippen LogP contribution in [-0.2, 0) is 4.74 Å². The average molecular weight is 356 g/mol. The zero-order valence-electron chi connectivity index (χ0n) is 14.2. The van der Waals surface area contributed by atoms with Crippen molar-refractivity contribution >= 4 is 22.5 Å². The number of ether oxygens (including phenoxy) is 1. The third kappa shape index (κ3) is 4.45. The maximum absolute atomic E-state index is 12.2. The lowest BCUT2D eigenvalue weighted by Gasteiger charge is -2.29. The minimum Gasteiger partial charge on any atom is -0.501 e. The van der Waals surface area contributed by atoms with Gasteiger partial charge in [0.05, 0.1) is 18.6 Å². The fraction of sp³-hybridized carbons (Fsp3) is 0.278. The van der Waals surface area contributed by atoms with E-state index in [0.29, 0.717) is 11.7 Å². The number of aromatic nitrogens is 2. The van der Waals surface area contributed by atoms with Gasteiger partial charge in [-0.3, -0.25) is 10.3 Å². The molecule has 0 aromatic carbocycles. The van der Waals surface area contributed by atoms with E-state index in [4.69, 9.17) is 4.74 Å². The number of allylic oxidation sites excluding steroid dienone is 3. The predicted octanol–water partition coefficient (Wildman–Crippen LogP) is 3.82. The van der Waals surface area contributed by atoms with E-state index in [1.165, 1.54) is 11.3 Å². The summed E-state index contributed by atoms with van der Waals surface area (Å²) in [5, 5.41) is 8.16. The second kappa shape index (κ2) is 7.48. The van der Waals surface area contributed by atoms with E-state index in [0.717, 1.165) is 23.4 Å². The molecule has 25 heavy (non-hydrogen) atoms. The molecule has 0 aliphatic heterocycles. The Morgan fingerprint density at radius 1 is 1.40 bits per heavy atom. The van der Waals surface area contributed by atoms with Crippen LogP contribution in [0.25, 0.3) is 11.3 Å². The third-order valence-electron chi connectivity index (χ3n) is 3.97. The zero-order valence-corrected chi connectivity index (χ0v) is 15.0. The standard InChI is InChI=1S/C18H20N4O2S/c1-18(7-3-4-14(10-18)24-2)12-20-16(23)22-17-21-15(11-25-17)13-5-8-19-9-6-13/h3-9,11H,10,12H2,1-2H3,(H2,20,21,22,23).